The number of aromatic hydroxyl groups is 2. The zero-order valence-electron chi connectivity index (χ0n) is 15.7. The van der Waals surface area contributed by atoms with Gasteiger partial charge in [-0.15, -0.1) is 0 Å². The molecule has 0 amide bonds. The van der Waals surface area contributed by atoms with Crippen LogP contribution in [0.3, 0.4) is 0 Å². The third-order valence-corrected chi connectivity index (χ3v) is 4.73. The van der Waals surface area contributed by atoms with Gasteiger partial charge >= 0.3 is 0 Å². The van der Waals surface area contributed by atoms with Crippen LogP contribution in [0.25, 0.3) is 10.9 Å². The topological polar surface area (TPSA) is 78.3 Å². The Morgan fingerprint density at radius 3 is 2.54 bits per heavy atom. The van der Waals surface area contributed by atoms with Crippen molar-refractivity contribution in [2.45, 2.75) is 19.9 Å². The van der Waals surface area contributed by atoms with Crippen molar-refractivity contribution in [3.05, 3.63) is 89.2 Å². The van der Waals surface area contributed by atoms with E-state index < -0.39 is 6.04 Å². The van der Waals surface area contributed by atoms with Gasteiger partial charge in [-0.2, -0.15) is 0 Å². The number of phenols is 2. The molecule has 0 bridgehead atoms. The van der Waals surface area contributed by atoms with Crippen molar-refractivity contribution in [3.8, 4) is 11.5 Å². The first-order valence-corrected chi connectivity index (χ1v) is 9.08. The maximum Gasteiger partial charge on any atom is 0.147 e. The Bertz CT molecular complexity index is 1160. The van der Waals surface area contributed by atoms with Gasteiger partial charge in [0.2, 0.25) is 0 Å². The summed E-state index contributed by atoms with van der Waals surface area (Å²) in [5.74, 6) is 0.968. The number of aromatic nitrogens is 2. The molecule has 5 heteroatoms. The molecule has 0 aliphatic rings. The highest BCUT2D eigenvalue weighted by atomic mass is 16.3. The van der Waals surface area contributed by atoms with Gasteiger partial charge in [-0.25, -0.2) is 9.97 Å². The maximum absolute atomic E-state index is 11.0. The zero-order chi connectivity index (χ0) is 19.7. The van der Waals surface area contributed by atoms with Gasteiger partial charge in [0, 0.05) is 22.8 Å². The van der Waals surface area contributed by atoms with Gasteiger partial charge in [0.05, 0.1) is 6.04 Å². The van der Waals surface area contributed by atoms with Crippen LogP contribution >= 0.6 is 0 Å². The molecule has 2 heterocycles. The summed E-state index contributed by atoms with van der Waals surface area (Å²) in [7, 11) is 0. The van der Waals surface area contributed by atoms with Crippen molar-refractivity contribution in [1.82, 2.24) is 9.97 Å². The molecule has 140 valence electrons. The number of hydrogen-bond acceptors (Lipinski definition) is 5. The molecule has 0 spiro atoms. The molecule has 0 saturated carbocycles. The molecule has 1 atom stereocenters. The average Bonchev–Trinajstić information content (AvgIpc) is 2.67. The fourth-order valence-corrected chi connectivity index (χ4v) is 3.33. The molecule has 0 aliphatic heterocycles. The first kappa shape index (κ1) is 17.8. The molecule has 5 nitrogen and oxygen atoms in total. The van der Waals surface area contributed by atoms with E-state index in [2.05, 4.69) is 15.3 Å². The fourth-order valence-electron chi connectivity index (χ4n) is 3.33. The second-order valence-electron chi connectivity index (χ2n) is 6.92. The van der Waals surface area contributed by atoms with Gasteiger partial charge in [0.15, 0.2) is 0 Å². The lowest BCUT2D eigenvalue weighted by Gasteiger charge is -2.22. The van der Waals surface area contributed by atoms with Gasteiger partial charge in [-0.3, -0.25) is 0 Å². The van der Waals surface area contributed by atoms with Crippen molar-refractivity contribution < 1.29 is 10.2 Å². The van der Waals surface area contributed by atoms with E-state index >= 15 is 0 Å². The minimum absolute atomic E-state index is 0.120. The summed E-state index contributed by atoms with van der Waals surface area (Å²) in [6.45, 7) is 3.89. The fraction of sp³-hybridized carbons (Fsp3) is 0.130. The number of fused-ring (bicyclic) bond motifs is 1. The summed E-state index contributed by atoms with van der Waals surface area (Å²) in [4.78, 5) is 8.90. The van der Waals surface area contributed by atoms with E-state index in [-0.39, 0.29) is 11.5 Å². The van der Waals surface area contributed by atoms with Gasteiger partial charge in [0.25, 0.3) is 0 Å². The van der Waals surface area contributed by atoms with Gasteiger partial charge in [-0.05, 0) is 55.3 Å². The lowest BCUT2D eigenvalue weighted by molar-refractivity contribution is 0.469. The van der Waals surface area contributed by atoms with Crippen molar-refractivity contribution >= 4 is 16.7 Å². The van der Waals surface area contributed by atoms with Crippen LogP contribution in [-0.4, -0.2) is 20.2 Å². The predicted molar refractivity (Wildman–Crippen MR) is 111 cm³/mol. The van der Waals surface area contributed by atoms with Gasteiger partial charge in [-0.1, -0.05) is 30.3 Å². The summed E-state index contributed by atoms with van der Waals surface area (Å²) >= 11 is 0. The first-order valence-electron chi connectivity index (χ1n) is 9.08. The summed E-state index contributed by atoms with van der Waals surface area (Å²) < 4.78 is 0. The lowest BCUT2D eigenvalue weighted by Crippen LogP contribution is -2.14. The number of hydrogen-bond donors (Lipinski definition) is 3. The second-order valence-corrected chi connectivity index (χ2v) is 6.92. The molecule has 0 fully saturated rings. The molecule has 3 N–H and O–H groups in total. The first-order chi connectivity index (χ1) is 13.5. The van der Waals surface area contributed by atoms with Crippen LogP contribution in [0.4, 0.5) is 5.82 Å². The number of aryl methyl sites for hydroxylation is 2. The number of nitrogens with zero attached hydrogens (tertiary/aromatic N) is 2. The maximum atomic E-state index is 11.0. The number of nitrogens with one attached hydrogen (secondary N) is 1. The number of pyridine rings is 2. The van der Waals surface area contributed by atoms with Crippen LogP contribution in [0, 0.1) is 13.8 Å². The third kappa shape index (κ3) is 3.47. The number of phenolic OH excluding ortho intramolecular Hbond substituents is 2. The van der Waals surface area contributed by atoms with Crippen LogP contribution in [-0.2, 0) is 0 Å². The largest absolute Gasteiger partial charge is 0.508 e. The minimum atomic E-state index is -0.409. The average molecular weight is 371 g/mol. The van der Waals surface area contributed by atoms with Gasteiger partial charge < -0.3 is 15.5 Å². The zero-order valence-corrected chi connectivity index (χ0v) is 15.7. The molecule has 28 heavy (non-hydrogen) atoms. The summed E-state index contributed by atoms with van der Waals surface area (Å²) in [6.07, 6.45) is 1.74. The third-order valence-electron chi connectivity index (χ3n) is 4.73. The van der Waals surface area contributed by atoms with E-state index in [9.17, 15) is 10.2 Å². The van der Waals surface area contributed by atoms with E-state index in [0.717, 1.165) is 22.2 Å². The molecule has 0 radical (unpaired) electrons. The number of benzene rings is 2. The highest BCUT2D eigenvalue weighted by Crippen LogP contribution is 2.37. The summed E-state index contributed by atoms with van der Waals surface area (Å²) in [6, 6.07) is 18.1. The minimum Gasteiger partial charge on any atom is -0.508 e. The standard InChI is InChI=1S/C23H21N3O2/c1-14-10-11-24-20(12-14)26-21(17-4-3-5-18(27)13-17)19-9-8-16-7-6-15(2)25-22(16)23(19)28/h3-13,21,27-28H,1-2H3,(H,24,26)/t21-/m1/s1. The SMILES string of the molecule is Cc1ccnc(N[C@H](c2cccc(O)c2)c2ccc3ccc(C)nc3c2O)c1. The molecule has 0 aliphatic carbocycles. The molecule has 0 saturated heterocycles. The molecule has 2 aromatic heterocycles. The quantitative estimate of drug-likeness (QED) is 0.477. The van der Waals surface area contributed by atoms with Crippen LogP contribution in [0.5, 0.6) is 11.5 Å². The highest BCUT2D eigenvalue weighted by molar-refractivity contribution is 5.86. The predicted octanol–water partition coefficient (Wildman–Crippen LogP) is 4.86. The highest BCUT2D eigenvalue weighted by Gasteiger charge is 2.21. The van der Waals surface area contributed by atoms with Crippen LogP contribution in [0.15, 0.2) is 66.9 Å². The van der Waals surface area contributed by atoms with Crippen LogP contribution < -0.4 is 5.32 Å². The van der Waals surface area contributed by atoms with Gasteiger partial charge in [0.1, 0.15) is 22.8 Å². The van der Waals surface area contributed by atoms with Crippen molar-refractivity contribution in [3.63, 3.8) is 0 Å². The van der Waals surface area contributed by atoms with E-state index in [4.69, 9.17) is 0 Å². The summed E-state index contributed by atoms with van der Waals surface area (Å²) in [5, 5.41) is 25.3. The second kappa shape index (κ2) is 7.19. The lowest BCUT2D eigenvalue weighted by atomic mass is 9.96. The van der Waals surface area contributed by atoms with E-state index in [1.54, 1.807) is 24.4 Å². The molecule has 2 aromatic carbocycles. The Hall–Kier alpha value is -3.60. The van der Waals surface area contributed by atoms with Crippen LogP contribution in [0.2, 0.25) is 0 Å². The molecular formula is C23H21N3O2. The Labute approximate surface area is 163 Å². The molecular weight excluding hydrogens is 350 g/mol. The number of anilines is 1. The Kier molecular flexibility index (Phi) is 4.57. The van der Waals surface area contributed by atoms with E-state index in [1.165, 1.54) is 0 Å². The smallest absolute Gasteiger partial charge is 0.147 e. The Morgan fingerprint density at radius 2 is 1.75 bits per heavy atom. The number of rotatable bonds is 4. The van der Waals surface area contributed by atoms with E-state index in [1.807, 2.05) is 56.3 Å². The Morgan fingerprint density at radius 1 is 0.929 bits per heavy atom. The van der Waals surface area contributed by atoms with Crippen molar-refractivity contribution in [2.24, 2.45) is 0 Å². The monoisotopic (exact) mass is 371 g/mol. The van der Waals surface area contributed by atoms with Crippen LogP contribution in [0.1, 0.15) is 28.4 Å². The Balaban J connectivity index is 1.87. The van der Waals surface area contributed by atoms with E-state index in [0.29, 0.717) is 16.9 Å². The normalized spacial score (nSPS) is 12.1. The van der Waals surface area contributed by atoms with Crippen molar-refractivity contribution in [1.29, 1.82) is 0 Å². The summed E-state index contributed by atoms with van der Waals surface area (Å²) in [5.41, 5.74) is 3.95. The molecule has 4 rings (SSSR count). The molecule has 0 unspecified atom stereocenters. The molecule has 4 aromatic rings. The van der Waals surface area contributed by atoms with Crippen molar-refractivity contribution in [2.75, 3.05) is 5.32 Å².